The van der Waals surface area contributed by atoms with Crippen molar-refractivity contribution in [3.05, 3.63) is 26.7 Å². The van der Waals surface area contributed by atoms with Crippen molar-refractivity contribution in [1.29, 1.82) is 10.5 Å². The third-order valence-corrected chi connectivity index (χ3v) is 3.02. The van der Waals surface area contributed by atoms with Gasteiger partial charge in [0.1, 0.15) is 12.1 Å². The summed E-state index contributed by atoms with van der Waals surface area (Å²) in [5.41, 5.74) is 2.61. The van der Waals surface area contributed by atoms with Gasteiger partial charge in [0.25, 0.3) is 0 Å². The zero-order chi connectivity index (χ0) is 12.1. The monoisotopic (exact) mass is 316 g/mol. The highest BCUT2D eigenvalue weighted by molar-refractivity contribution is 9.10. The fraction of sp³-hybridized carbons (Fsp3) is 0. The van der Waals surface area contributed by atoms with Gasteiger partial charge in [0.2, 0.25) is 5.71 Å². The summed E-state index contributed by atoms with van der Waals surface area (Å²) >= 11 is 14.9. The average Bonchev–Trinajstić information content (AvgIpc) is 2.26. The third kappa shape index (κ3) is 3.11. The van der Waals surface area contributed by atoms with Crippen LogP contribution < -0.4 is 5.43 Å². The molecular weight excluding hydrogens is 315 g/mol. The molecule has 80 valence electrons. The summed E-state index contributed by atoms with van der Waals surface area (Å²) in [6.45, 7) is 0. The summed E-state index contributed by atoms with van der Waals surface area (Å²) in [7, 11) is 0. The third-order valence-electron chi connectivity index (χ3n) is 1.51. The average molecular weight is 318 g/mol. The lowest BCUT2D eigenvalue weighted by molar-refractivity contribution is 1.33. The normalized spacial score (nSPS) is 8.81. The number of hydrogen-bond acceptors (Lipinski definition) is 4. The van der Waals surface area contributed by atoms with Gasteiger partial charge in [0.05, 0.1) is 15.7 Å². The predicted molar refractivity (Wildman–Crippen MR) is 66.4 cm³/mol. The second kappa shape index (κ2) is 5.72. The van der Waals surface area contributed by atoms with E-state index in [2.05, 4.69) is 26.5 Å². The number of rotatable bonds is 2. The first-order chi connectivity index (χ1) is 7.58. The molecule has 1 N–H and O–H groups in total. The minimum Gasteiger partial charge on any atom is -0.275 e. The van der Waals surface area contributed by atoms with Gasteiger partial charge in [0, 0.05) is 4.47 Å². The summed E-state index contributed by atoms with van der Waals surface area (Å²) in [5, 5.41) is 21.3. The first-order valence-electron chi connectivity index (χ1n) is 3.87. The zero-order valence-electron chi connectivity index (χ0n) is 7.63. The van der Waals surface area contributed by atoms with Crippen molar-refractivity contribution >= 4 is 50.5 Å². The molecule has 0 aromatic heterocycles. The van der Waals surface area contributed by atoms with Gasteiger partial charge in [-0.15, -0.1) is 0 Å². The molecule has 0 heterocycles. The van der Waals surface area contributed by atoms with Gasteiger partial charge in [-0.2, -0.15) is 15.6 Å². The van der Waals surface area contributed by atoms with Crippen LogP contribution in [0.15, 0.2) is 21.7 Å². The predicted octanol–water partition coefficient (Wildman–Crippen LogP) is 3.57. The highest BCUT2D eigenvalue weighted by Crippen LogP contribution is 2.32. The Morgan fingerprint density at radius 1 is 1.25 bits per heavy atom. The Kier molecular flexibility index (Phi) is 4.57. The Bertz CT molecular complexity index is 512. The number of anilines is 1. The molecule has 0 bridgehead atoms. The van der Waals surface area contributed by atoms with Crippen LogP contribution in [0.25, 0.3) is 0 Å². The van der Waals surface area contributed by atoms with Crippen LogP contribution >= 0.6 is 39.1 Å². The summed E-state index contributed by atoms with van der Waals surface area (Å²) in [6.07, 6.45) is 0. The Labute approximate surface area is 110 Å². The molecule has 1 aromatic rings. The zero-order valence-corrected chi connectivity index (χ0v) is 10.7. The summed E-state index contributed by atoms with van der Waals surface area (Å²) in [4.78, 5) is 0. The van der Waals surface area contributed by atoms with Crippen LogP contribution in [0.1, 0.15) is 0 Å². The van der Waals surface area contributed by atoms with Crippen LogP contribution in [-0.4, -0.2) is 5.71 Å². The van der Waals surface area contributed by atoms with Gasteiger partial charge < -0.3 is 0 Å². The van der Waals surface area contributed by atoms with E-state index in [0.29, 0.717) is 20.2 Å². The molecule has 16 heavy (non-hydrogen) atoms. The van der Waals surface area contributed by atoms with Crippen molar-refractivity contribution < 1.29 is 0 Å². The smallest absolute Gasteiger partial charge is 0.237 e. The number of nitriles is 2. The Hall–Kier alpha value is -1.27. The second-order valence-corrected chi connectivity index (χ2v) is 4.21. The molecule has 7 heteroatoms. The van der Waals surface area contributed by atoms with Crippen molar-refractivity contribution in [3.63, 3.8) is 0 Å². The number of hydrogen-bond donors (Lipinski definition) is 1. The van der Waals surface area contributed by atoms with E-state index >= 15 is 0 Å². The highest BCUT2D eigenvalue weighted by Gasteiger charge is 2.05. The number of benzene rings is 1. The van der Waals surface area contributed by atoms with Crippen LogP contribution in [-0.2, 0) is 0 Å². The molecule has 1 rings (SSSR count). The maximum atomic E-state index is 8.46. The van der Waals surface area contributed by atoms with E-state index in [1.165, 1.54) is 6.07 Å². The standard InChI is InChI=1S/C9H3BrCl2N4/c10-6-1-8(12)9(2-7(6)11)16-15-5(3-13)4-14/h1-2,16H. The maximum absolute atomic E-state index is 8.46. The molecular formula is C9H3BrCl2N4. The van der Waals surface area contributed by atoms with Gasteiger partial charge in [-0.05, 0) is 28.1 Å². The maximum Gasteiger partial charge on any atom is 0.237 e. The van der Waals surface area contributed by atoms with Gasteiger partial charge in [-0.25, -0.2) is 0 Å². The van der Waals surface area contributed by atoms with Crippen LogP contribution in [0.3, 0.4) is 0 Å². The number of nitrogens with zero attached hydrogens (tertiary/aromatic N) is 3. The quantitative estimate of drug-likeness (QED) is 0.515. The molecule has 0 aliphatic heterocycles. The van der Waals surface area contributed by atoms with Crippen LogP contribution in [0.2, 0.25) is 10.0 Å². The van der Waals surface area contributed by atoms with Gasteiger partial charge >= 0.3 is 0 Å². The van der Waals surface area contributed by atoms with E-state index in [-0.39, 0.29) is 5.71 Å². The molecule has 0 aliphatic carbocycles. The topological polar surface area (TPSA) is 72.0 Å². The number of halogens is 3. The van der Waals surface area contributed by atoms with Gasteiger partial charge in [-0.1, -0.05) is 23.2 Å². The molecule has 0 fully saturated rings. The largest absolute Gasteiger partial charge is 0.275 e. The molecule has 0 unspecified atom stereocenters. The van der Waals surface area contributed by atoms with E-state index in [1.807, 2.05) is 0 Å². The fourth-order valence-electron chi connectivity index (χ4n) is 0.799. The van der Waals surface area contributed by atoms with E-state index in [1.54, 1.807) is 18.2 Å². The van der Waals surface area contributed by atoms with Crippen molar-refractivity contribution in [2.24, 2.45) is 5.10 Å². The highest BCUT2D eigenvalue weighted by atomic mass is 79.9. The van der Waals surface area contributed by atoms with E-state index in [9.17, 15) is 0 Å². The van der Waals surface area contributed by atoms with Gasteiger partial charge in [-0.3, -0.25) is 5.43 Å². The lowest BCUT2D eigenvalue weighted by atomic mass is 10.3. The Morgan fingerprint density at radius 2 is 1.88 bits per heavy atom. The SMILES string of the molecule is N#CC(C#N)=NNc1cc(Cl)c(Br)cc1Cl. The second-order valence-electron chi connectivity index (χ2n) is 2.54. The molecule has 1 aromatic carbocycles. The fourth-order valence-corrected chi connectivity index (χ4v) is 1.64. The summed E-state index contributed by atoms with van der Waals surface area (Å²) in [5.74, 6) is 0. The Balaban J connectivity index is 3.01. The molecule has 0 aliphatic rings. The lowest BCUT2D eigenvalue weighted by Gasteiger charge is -2.04. The minimum absolute atomic E-state index is 0.296. The molecule has 0 saturated carbocycles. The molecule has 4 nitrogen and oxygen atoms in total. The molecule has 0 radical (unpaired) electrons. The van der Waals surface area contributed by atoms with Crippen molar-refractivity contribution in [3.8, 4) is 12.1 Å². The molecule has 0 amide bonds. The molecule has 0 saturated heterocycles. The minimum atomic E-state index is -0.296. The van der Waals surface area contributed by atoms with Crippen LogP contribution in [0.4, 0.5) is 5.69 Å². The van der Waals surface area contributed by atoms with E-state index < -0.39 is 0 Å². The molecule has 0 atom stereocenters. The first-order valence-corrected chi connectivity index (χ1v) is 5.42. The molecule has 0 spiro atoms. The van der Waals surface area contributed by atoms with E-state index in [4.69, 9.17) is 33.7 Å². The number of nitrogens with one attached hydrogen (secondary N) is 1. The first kappa shape index (κ1) is 12.8. The lowest BCUT2D eigenvalue weighted by Crippen LogP contribution is -1.97. The van der Waals surface area contributed by atoms with Crippen LogP contribution in [0.5, 0.6) is 0 Å². The number of hydrazone groups is 1. The van der Waals surface area contributed by atoms with Crippen LogP contribution in [0, 0.1) is 22.7 Å². The van der Waals surface area contributed by atoms with Crippen molar-refractivity contribution in [2.45, 2.75) is 0 Å². The Morgan fingerprint density at radius 3 is 2.44 bits per heavy atom. The van der Waals surface area contributed by atoms with Crippen molar-refractivity contribution in [1.82, 2.24) is 0 Å². The summed E-state index contributed by atoms with van der Waals surface area (Å²) < 4.78 is 0.648. The van der Waals surface area contributed by atoms with Gasteiger partial charge in [0.15, 0.2) is 0 Å². The van der Waals surface area contributed by atoms with Crippen molar-refractivity contribution in [2.75, 3.05) is 5.43 Å². The van der Waals surface area contributed by atoms with E-state index in [0.717, 1.165) is 0 Å². The summed E-state index contributed by atoms with van der Waals surface area (Å²) in [6, 6.07) is 6.33.